The molecule has 3 aliphatic rings. The number of hydrogen-bond donors (Lipinski definition) is 3. The lowest BCUT2D eigenvalue weighted by Crippen LogP contribution is -2.52. The van der Waals surface area contributed by atoms with Crippen LogP contribution in [0.15, 0.2) is 18.2 Å². The average molecular weight is 356 g/mol. The summed E-state index contributed by atoms with van der Waals surface area (Å²) in [5.41, 5.74) is 8.42. The molecule has 0 radical (unpaired) electrons. The Balaban J connectivity index is 1.44. The maximum Gasteiger partial charge on any atom is 0.255 e. The van der Waals surface area contributed by atoms with Gasteiger partial charge in [0.25, 0.3) is 5.91 Å². The van der Waals surface area contributed by atoms with Crippen molar-refractivity contribution in [3.8, 4) is 0 Å². The van der Waals surface area contributed by atoms with E-state index < -0.39 is 6.04 Å². The third kappa shape index (κ3) is 3.12. The molecule has 2 heterocycles. The van der Waals surface area contributed by atoms with E-state index in [9.17, 15) is 14.4 Å². The van der Waals surface area contributed by atoms with E-state index in [0.717, 1.165) is 24.2 Å². The SMILES string of the molecule is NCC1CC1CNCc1cccc2c1CN(C1CCC(=O)NC1=O)C2=O. The zero-order chi connectivity index (χ0) is 18.3. The number of rotatable bonds is 6. The molecule has 1 aliphatic carbocycles. The molecule has 138 valence electrons. The van der Waals surface area contributed by atoms with Gasteiger partial charge in [-0.15, -0.1) is 0 Å². The Kier molecular flexibility index (Phi) is 4.50. The van der Waals surface area contributed by atoms with Crippen LogP contribution in [0.4, 0.5) is 0 Å². The molecule has 4 rings (SSSR count). The Morgan fingerprint density at radius 2 is 2.08 bits per heavy atom. The lowest BCUT2D eigenvalue weighted by molar-refractivity contribution is -0.136. The lowest BCUT2D eigenvalue weighted by Gasteiger charge is -2.29. The first kappa shape index (κ1) is 17.2. The quantitative estimate of drug-likeness (QED) is 0.629. The van der Waals surface area contributed by atoms with Crippen molar-refractivity contribution in [2.24, 2.45) is 17.6 Å². The Morgan fingerprint density at radius 1 is 1.23 bits per heavy atom. The monoisotopic (exact) mass is 356 g/mol. The number of amides is 3. The van der Waals surface area contributed by atoms with E-state index in [4.69, 9.17) is 5.73 Å². The van der Waals surface area contributed by atoms with Gasteiger partial charge >= 0.3 is 0 Å². The fourth-order valence-electron chi connectivity index (χ4n) is 4.06. The molecule has 1 aromatic rings. The van der Waals surface area contributed by atoms with Crippen LogP contribution < -0.4 is 16.4 Å². The predicted molar refractivity (Wildman–Crippen MR) is 94.8 cm³/mol. The molecule has 4 N–H and O–H groups in total. The Labute approximate surface area is 152 Å². The van der Waals surface area contributed by atoms with Gasteiger partial charge in [0.2, 0.25) is 11.8 Å². The summed E-state index contributed by atoms with van der Waals surface area (Å²) in [6, 6.07) is 5.17. The number of nitrogens with two attached hydrogens (primary N) is 1. The number of carbonyl (C=O) groups is 3. The zero-order valence-corrected chi connectivity index (χ0v) is 14.7. The highest BCUT2D eigenvalue weighted by atomic mass is 16.2. The van der Waals surface area contributed by atoms with Crippen molar-refractivity contribution in [2.45, 2.75) is 38.4 Å². The Hall–Kier alpha value is -2.25. The van der Waals surface area contributed by atoms with Crippen LogP contribution in [0.2, 0.25) is 0 Å². The number of hydrogen-bond acceptors (Lipinski definition) is 5. The molecule has 3 amide bonds. The first-order valence-corrected chi connectivity index (χ1v) is 9.24. The summed E-state index contributed by atoms with van der Waals surface area (Å²) in [5.74, 6) is 0.550. The van der Waals surface area contributed by atoms with Gasteiger partial charge in [-0.3, -0.25) is 19.7 Å². The molecule has 0 spiro atoms. The summed E-state index contributed by atoms with van der Waals surface area (Å²) in [5, 5.41) is 5.81. The summed E-state index contributed by atoms with van der Waals surface area (Å²) in [7, 11) is 0. The summed E-state index contributed by atoms with van der Waals surface area (Å²) >= 11 is 0. The molecule has 0 bridgehead atoms. The minimum Gasteiger partial charge on any atom is -0.330 e. The molecule has 2 aliphatic heterocycles. The third-order valence-electron chi connectivity index (χ3n) is 5.77. The minimum atomic E-state index is -0.565. The van der Waals surface area contributed by atoms with Gasteiger partial charge in [-0.1, -0.05) is 12.1 Å². The maximum absolute atomic E-state index is 12.8. The maximum atomic E-state index is 12.8. The predicted octanol–water partition coefficient (Wildman–Crippen LogP) is 0.132. The largest absolute Gasteiger partial charge is 0.330 e. The summed E-state index contributed by atoms with van der Waals surface area (Å²) in [4.78, 5) is 37.9. The van der Waals surface area contributed by atoms with Crippen LogP contribution in [0.25, 0.3) is 0 Å². The van der Waals surface area contributed by atoms with E-state index in [1.807, 2.05) is 18.2 Å². The van der Waals surface area contributed by atoms with Crippen molar-refractivity contribution in [3.63, 3.8) is 0 Å². The molecule has 3 unspecified atom stereocenters. The number of nitrogens with zero attached hydrogens (tertiary/aromatic N) is 1. The Morgan fingerprint density at radius 3 is 2.81 bits per heavy atom. The van der Waals surface area contributed by atoms with Crippen LogP contribution in [0.1, 0.15) is 40.7 Å². The molecular weight excluding hydrogens is 332 g/mol. The van der Waals surface area contributed by atoms with Crippen LogP contribution in [-0.4, -0.2) is 41.8 Å². The highest BCUT2D eigenvalue weighted by molar-refractivity contribution is 6.05. The summed E-state index contributed by atoms with van der Waals surface area (Å²) in [6.07, 6.45) is 1.85. The molecule has 1 saturated carbocycles. The Bertz CT molecular complexity index is 763. The van der Waals surface area contributed by atoms with E-state index in [2.05, 4.69) is 10.6 Å². The molecule has 7 heteroatoms. The number of fused-ring (bicyclic) bond motifs is 1. The van der Waals surface area contributed by atoms with E-state index in [1.165, 1.54) is 6.42 Å². The van der Waals surface area contributed by atoms with Crippen molar-refractivity contribution in [1.82, 2.24) is 15.5 Å². The van der Waals surface area contributed by atoms with Crippen molar-refractivity contribution in [1.29, 1.82) is 0 Å². The number of piperidine rings is 1. The summed E-state index contributed by atoms with van der Waals surface area (Å²) in [6.45, 7) is 2.82. The lowest BCUT2D eigenvalue weighted by atomic mass is 10.0. The topological polar surface area (TPSA) is 105 Å². The van der Waals surface area contributed by atoms with E-state index in [-0.39, 0.29) is 24.1 Å². The highest BCUT2D eigenvalue weighted by Gasteiger charge is 2.40. The average Bonchev–Trinajstić information content (AvgIpc) is 3.31. The minimum absolute atomic E-state index is 0.123. The number of imide groups is 1. The molecule has 7 nitrogen and oxygen atoms in total. The zero-order valence-electron chi connectivity index (χ0n) is 14.7. The second-order valence-electron chi connectivity index (χ2n) is 7.47. The normalized spacial score (nSPS) is 27.5. The van der Waals surface area contributed by atoms with Gasteiger partial charge in [-0.25, -0.2) is 0 Å². The molecule has 26 heavy (non-hydrogen) atoms. The van der Waals surface area contributed by atoms with Crippen molar-refractivity contribution >= 4 is 17.7 Å². The van der Waals surface area contributed by atoms with Crippen LogP contribution in [0.3, 0.4) is 0 Å². The highest BCUT2D eigenvalue weighted by Crippen LogP contribution is 2.36. The molecule has 1 aromatic carbocycles. The number of benzene rings is 1. The number of nitrogens with one attached hydrogen (secondary N) is 2. The first-order valence-electron chi connectivity index (χ1n) is 9.24. The van der Waals surface area contributed by atoms with Crippen LogP contribution in [-0.2, 0) is 22.7 Å². The molecule has 0 aromatic heterocycles. The van der Waals surface area contributed by atoms with Crippen molar-refractivity contribution < 1.29 is 14.4 Å². The van der Waals surface area contributed by atoms with E-state index in [0.29, 0.717) is 36.9 Å². The van der Waals surface area contributed by atoms with Gasteiger partial charge in [-0.05, 0) is 55.0 Å². The van der Waals surface area contributed by atoms with Gasteiger partial charge in [0.05, 0.1) is 0 Å². The van der Waals surface area contributed by atoms with Gasteiger partial charge in [0, 0.05) is 25.1 Å². The molecule has 1 saturated heterocycles. The summed E-state index contributed by atoms with van der Waals surface area (Å²) < 4.78 is 0. The molecular formula is C19H24N4O3. The second-order valence-corrected chi connectivity index (χ2v) is 7.47. The first-order chi connectivity index (χ1) is 12.6. The van der Waals surface area contributed by atoms with Crippen molar-refractivity contribution in [2.75, 3.05) is 13.1 Å². The third-order valence-corrected chi connectivity index (χ3v) is 5.77. The standard InChI is InChI=1S/C19H24N4O3/c20-7-12-6-13(12)9-21-8-11-2-1-3-14-15(11)10-23(19(14)26)16-4-5-17(24)22-18(16)25/h1-3,12-13,16,21H,4-10,20H2,(H,22,24,25). The second kappa shape index (κ2) is 6.81. The fraction of sp³-hybridized carbons (Fsp3) is 0.526. The number of carbonyl (C=O) groups excluding carboxylic acids is 3. The van der Waals surface area contributed by atoms with Crippen LogP contribution >= 0.6 is 0 Å². The molecule has 2 fully saturated rings. The van der Waals surface area contributed by atoms with Crippen LogP contribution in [0, 0.1) is 11.8 Å². The smallest absolute Gasteiger partial charge is 0.255 e. The van der Waals surface area contributed by atoms with E-state index in [1.54, 1.807) is 4.90 Å². The van der Waals surface area contributed by atoms with Gasteiger partial charge in [0.1, 0.15) is 6.04 Å². The van der Waals surface area contributed by atoms with Gasteiger partial charge in [-0.2, -0.15) is 0 Å². The van der Waals surface area contributed by atoms with Crippen LogP contribution in [0.5, 0.6) is 0 Å². The van der Waals surface area contributed by atoms with Gasteiger partial charge in [0.15, 0.2) is 0 Å². The van der Waals surface area contributed by atoms with Gasteiger partial charge < -0.3 is 16.0 Å². The molecule has 3 atom stereocenters. The van der Waals surface area contributed by atoms with E-state index >= 15 is 0 Å². The fourth-order valence-corrected chi connectivity index (χ4v) is 4.06. The van der Waals surface area contributed by atoms with Crippen molar-refractivity contribution in [3.05, 3.63) is 34.9 Å².